The van der Waals surface area contributed by atoms with Crippen LogP contribution in [0.3, 0.4) is 0 Å². The molecule has 4 rings (SSSR count). The highest BCUT2D eigenvalue weighted by Crippen LogP contribution is 2.34. The number of fused-ring (bicyclic) bond motifs is 1. The molecule has 1 N–H and O–H groups in total. The number of pyridine rings is 1. The van der Waals surface area contributed by atoms with Gasteiger partial charge >= 0.3 is 0 Å². The molecule has 0 aliphatic rings. The molecule has 1 atom stereocenters. The molecule has 170 valence electrons. The van der Waals surface area contributed by atoms with Crippen LogP contribution in [0.25, 0.3) is 10.8 Å². The third-order valence-electron chi connectivity index (χ3n) is 5.53. The molecule has 0 aliphatic heterocycles. The molecule has 0 saturated carbocycles. The van der Waals surface area contributed by atoms with Gasteiger partial charge in [-0.25, -0.2) is 8.78 Å². The van der Waals surface area contributed by atoms with Crippen LogP contribution in [0.1, 0.15) is 49.4 Å². The van der Waals surface area contributed by atoms with Crippen LogP contribution in [0.15, 0.2) is 85.1 Å². The number of aromatic nitrogens is 1. The summed E-state index contributed by atoms with van der Waals surface area (Å²) in [5.74, 6) is -2.02. The van der Waals surface area contributed by atoms with E-state index in [4.69, 9.17) is 4.74 Å². The second-order valence-electron chi connectivity index (χ2n) is 7.83. The second-order valence-corrected chi connectivity index (χ2v) is 7.83. The molecule has 0 aliphatic carbocycles. The van der Waals surface area contributed by atoms with Gasteiger partial charge in [-0.2, -0.15) is 0 Å². The second kappa shape index (κ2) is 9.36. The summed E-state index contributed by atoms with van der Waals surface area (Å²) in [6.45, 7) is 3.34. The Kier molecular flexibility index (Phi) is 6.36. The number of benzene rings is 3. The SMILES string of the molecule is CCC(F)(F)c1ccc(Oc2cccc3cc(C(=O)N[C@H](C)c4ccccn4)ccc23)cc1.[HH]. The molecular formula is C27H26F2N2O2. The van der Waals surface area contributed by atoms with Crippen molar-refractivity contribution in [2.45, 2.75) is 32.2 Å². The van der Waals surface area contributed by atoms with Gasteiger partial charge in [0, 0.05) is 30.6 Å². The van der Waals surface area contributed by atoms with Crippen LogP contribution in [-0.2, 0) is 5.92 Å². The molecule has 3 aromatic carbocycles. The number of hydrogen-bond donors (Lipinski definition) is 1. The topological polar surface area (TPSA) is 51.2 Å². The number of ether oxygens (including phenoxy) is 1. The summed E-state index contributed by atoms with van der Waals surface area (Å²) in [6.07, 6.45) is 1.44. The van der Waals surface area contributed by atoms with Crippen LogP contribution < -0.4 is 10.1 Å². The molecule has 33 heavy (non-hydrogen) atoms. The smallest absolute Gasteiger partial charge is 0.273 e. The lowest BCUT2D eigenvalue weighted by atomic mass is 10.0. The maximum absolute atomic E-state index is 13.9. The zero-order chi connectivity index (χ0) is 23.4. The van der Waals surface area contributed by atoms with Gasteiger partial charge in [-0.15, -0.1) is 0 Å². The van der Waals surface area contributed by atoms with Crippen molar-refractivity contribution in [3.8, 4) is 11.5 Å². The van der Waals surface area contributed by atoms with Gasteiger partial charge in [-0.1, -0.05) is 25.1 Å². The standard InChI is InChI=1S/C27H24F2N2O2.H2/c1-3-27(28,29)21-11-13-22(14-12-21)33-25-9-6-7-19-17-20(10-15-23(19)25)26(32)31-18(2)24-8-4-5-16-30-24;/h4-18H,3H2,1-2H3,(H,31,32);1H/t18-;/m1./s1. The Balaban J connectivity index is 0.00000324. The molecule has 0 unspecified atom stereocenters. The molecule has 0 radical (unpaired) electrons. The number of halogens is 2. The number of carbonyl (C=O) groups excluding carboxylic acids is 1. The first-order valence-corrected chi connectivity index (χ1v) is 10.8. The first-order chi connectivity index (χ1) is 15.9. The van der Waals surface area contributed by atoms with Crippen LogP contribution in [0, 0.1) is 0 Å². The molecule has 0 spiro atoms. The third-order valence-corrected chi connectivity index (χ3v) is 5.53. The lowest BCUT2D eigenvalue weighted by molar-refractivity contribution is -0.00831. The van der Waals surface area contributed by atoms with Gasteiger partial charge in [0.1, 0.15) is 11.5 Å². The summed E-state index contributed by atoms with van der Waals surface area (Å²) in [5, 5.41) is 4.61. The number of carbonyl (C=O) groups is 1. The van der Waals surface area contributed by atoms with Crippen molar-refractivity contribution in [2.75, 3.05) is 0 Å². The van der Waals surface area contributed by atoms with Gasteiger partial charge in [0.25, 0.3) is 11.8 Å². The van der Waals surface area contributed by atoms with Gasteiger partial charge in [0.05, 0.1) is 11.7 Å². The summed E-state index contributed by atoms with van der Waals surface area (Å²) in [7, 11) is 0. The minimum Gasteiger partial charge on any atom is -0.457 e. The number of nitrogens with zero attached hydrogens (tertiary/aromatic N) is 1. The van der Waals surface area contributed by atoms with Gasteiger partial charge in [0.15, 0.2) is 0 Å². The molecule has 0 saturated heterocycles. The van der Waals surface area contributed by atoms with E-state index in [-0.39, 0.29) is 25.4 Å². The summed E-state index contributed by atoms with van der Waals surface area (Å²) >= 11 is 0. The number of hydrogen-bond acceptors (Lipinski definition) is 3. The van der Waals surface area contributed by atoms with Crippen LogP contribution >= 0.6 is 0 Å². The van der Waals surface area contributed by atoms with E-state index in [1.165, 1.54) is 19.1 Å². The number of rotatable bonds is 7. The maximum atomic E-state index is 13.9. The van der Waals surface area contributed by atoms with Crippen molar-refractivity contribution in [1.82, 2.24) is 10.3 Å². The Bertz CT molecular complexity index is 1260. The molecule has 4 nitrogen and oxygen atoms in total. The molecule has 6 heteroatoms. The van der Waals surface area contributed by atoms with Crippen molar-refractivity contribution >= 4 is 16.7 Å². The Morgan fingerprint density at radius 3 is 2.55 bits per heavy atom. The van der Waals surface area contributed by atoms with Gasteiger partial charge in [0.2, 0.25) is 0 Å². The third kappa shape index (κ3) is 5.00. The molecule has 1 amide bonds. The fourth-order valence-corrected chi connectivity index (χ4v) is 3.57. The Morgan fingerprint density at radius 1 is 1.06 bits per heavy atom. The van der Waals surface area contributed by atoms with E-state index in [9.17, 15) is 13.6 Å². The first-order valence-electron chi connectivity index (χ1n) is 10.8. The average molecular weight is 449 g/mol. The fraction of sp³-hybridized carbons (Fsp3) is 0.185. The lowest BCUT2D eigenvalue weighted by Crippen LogP contribution is -2.27. The van der Waals surface area contributed by atoms with Gasteiger partial charge < -0.3 is 10.1 Å². The van der Waals surface area contributed by atoms with E-state index in [1.807, 2.05) is 43.3 Å². The van der Waals surface area contributed by atoms with Crippen LogP contribution in [-0.4, -0.2) is 10.9 Å². The zero-order valence-electron chi connectivity index (χ0n) is 18.4. The monoisotopic (exact) mass is 448 g/mol. The molecule has 0 fully saturated rings. The molecular weight excluding hydrogens is 422 g/mol. The average Bonchev–Trinajstić information content (AvgIpc) is 2.84. The first kappa shape index (κ1) is 22.4. The molecule has 1 aromatic heterocycles. The zero-order valence-corrected chi connectivity index (χ0v) is 18.4. The quantitative estimate of drug-likeness (QED) is 0.324. The summed E-state index contributed by atoms with van der Waals surface area (Å²) in [5.41, 5.74) is 1.27. The normalized spacial score (nSPS) is 12.4. The van der Waals surface area contributed by atoms with Crippen LogP contribution in [0.4, 0.5) is 8.78 Å². The molecule has 4 aromatic rings. The molecule has 1 heterocycles. The minimum atomic E-state index is -2.86. The summed E-state index contributed by atoms with van der Waals surface area (Å²) in [4.78, 5) is 17.0. The van der Waals surface area contributed by atoms with E-state index >= 15 is 0 Å². The van der Waals surface area contributed by atoms with E-state index in [1.54, 1.807) is 36.5 Å². The highest BCUT2D eigenvalue weighted by Gasteiger charge is 2.28. The fourth-order valence-electron chi connectivity index (χ4n) is 3.57. The van der Waals surface area contributed by atoms with Crippen LogP contribution in [0.5, 0.6) is 11.5 Å². The van der Waals surface area contributed by atoms with E-state index in [2.05, 4.69) is 10.3 Å². The van der Waals surface area contributed by atoms with Crippen molar-refractivity contribution in [3.05, 3.63) is 102 Å². The highest BCUT2D eigenvalue weighted by atomic mass is 19.3. The van der Waals surface area contributed by atoms with E-state index < -0.39 is 5.92 Å². The van der Waals surface area contributed by atoms with Crippen LogP contribution in [0.2, 0.25) is 0 Å². The van der Waals surface area contributed by atoms with Crippen molar-refractivity contribution in [2.24, 2.45) is 0 Å². The molecule has 0 bridgehead atoms. The summed E-state index contributed by atoms with van der Waals surface area (Å²) < 4.78 is 33.7. The van der Waals surface area contributed by atoms with Gasteiger partial charge in [-0.3, -0.25) is 9.78 Å². The largest absolute Gasteiger partial charge is 0.457 e. The lowest BCUT2D eigenvalue weighted by Gasteiger charge is -2.15. The Morgan fingerprint density at radius 2 is 1.85 bits per heavy atom. The van der Waals surface area contributed by atoms with Gasteiger partial charge in [-0.05, 0) is 73.0 Å². The minimum absolute atomic E-state index is 0. The Labute approximate surface area is 192 Å². The number of alkyl halides is 2. The predicted molar refractivity (Wildman–Crippen MR) is 127 cm³/mol. The maximum Gasteiger partial charge on any atom is 0.273 e. The van der Waals surface area contributed by atoms with Crippen molar-refractivity contribution in [3.63, 3.8) is 0 Å². The Hall–Kier alpha value is -3.80. The van der Waals surface area contributed by atoms with E-state index in [0.29, 0.717) is 17.1 Å². The highest BCUT2D eigenvalue weighted by molar-refractivity contribution is 6.00. The number of nitrogens with one attached hydrogen (secondary N) is 1. The van der Waals surface area contributed by atoms with Crippen molar-refractivity contribution < 1.29 is 19.7 Å². The summed E-state index contributed by atoms with van der Waals surface area (Å²) in [6, 6.07) is 22.1. The predicted octanol–water partition coefficient (Wildman–Crippen LogP) is 7.27. The number of amides is 1. The van der Waals surface area contributed by atoms with Crippen molar-refractivity contribution in [1.29, 1.82) is 0 Å². The van der Waals surface area contributed by atoms with E-state index in [0.717, 1.165) is 16.5 Å².